The molecule has 3 nitrogen and oxygen atoms in total. The normalized spacial score (nSPS) is 25.8. The number of aliphatic hydroxyl groups excluding tert-OH is 1. The van der Waals surface area contributed by atoms with Gasteiger partial charge in [-0.05, 0) is 31.4 Å². The summed E-state index contributed by atoms with van der Waals surface area (Å²) in [6.07, 6.45) is 1.55. The lowest BCUT2D eigenvalue weighted by atomic mass is 9.97. The van der Waals surface area contributed by atoms with Crippen LogP contribution in [0.3, 0.4) is 0 Å². The second-order valence-corrected chi connectivity index (χ2v) is 4.99. The third-order valence-electron chi connectivity index (χ3n) is 4.05. The van der Waals surface area contributed by atoms with E-state index in [2.05, 4.69) is 30.0 Å². The molecular weight excluding hydrogens is 224 g/mol. The first-order chi connectivity index (χ1) is 8.77. The molecule has 1 aliphatic rings. The molecule has 1 heterocycles. The number of likely N-dealkylation sites (tertiary alicyclic amines) is 1. The van der Waals surface area contributed by atoms with Crippen LogP contribution in [-0.2, 0) is 0 Å². The molecule has 3 heteroatoms. The van der Waals surface area contributed by atoms with Crippen molar-refractivity contribution in [3.05, 3.63) is 35.9 Å². The van der Waals surface area contributed by atoms with Gasteiger partial charge in [0.2, 0.25) is 0 Å². The highest BCUT2D eigenvalue weighted by molar-refractivity contribution is 5.19. The van der Waals surface area contributed by atoms with Crippen molar-refractivity contribution in [2.24, 2.45) is 5.92 Å². The van der Waals surface area contributed by atoms with Crippen molar-refractivity contribution in [3.63, 3.8) is 0 Å². The third kappa shape index (κ3) is 2.55. The standard InChI is InChI=1S/C15H20N2O/c1-12(13-5-3-2-4-6-13)17-10-8-14(7-9-16)15(17)11-18/h2-6,12,14-15,18H,7-8,10-11H2,1H3/t12?,14-,15-/m1/s1. The highest BCUT2D eigenvalue weighted by atomic mass is 16.3. The van der Waals surface area contributed by atoms with E-state index in [0.717, 1.165) is 13.0 Å². The molecule has 96 valence electrons. The number of nitrogens with zero attached hydrogens (tertiary/aromatic N) is 2. The molecule has 1 N–H and O–H groups in total. The lowest BCUT2D eigenvalue weighted by Crippen LogP contribution is -2.37. The first kappa shape index (κ1) is 13.1. The lowest BCUT2D eigenvalue weighted by Gasteiger charge is -2.31. The Kier molecular flexibility index (Phi) is 4.35. The van der Waals surface area contributed by atoms with Crippen LogP contribution in [0.4, 0.5) is 0 Å². The minimum absolute atomic E-state index is 0.125. The van der Waals surface area contributed by atoms with Gasteiger partial charge in [0.1, 0.15) is 0 Å². The first-order valence-corrected chi connectivity index (χ1v) is 6.56. The van der Waals surface area contributed by atoms with E-state index in [9.17, 15) is 5.11 Å². The Balaban J connectivity index is 2.12. The van der Waals surface area contributed by atoms with Crippen LogP contribution in [0.2, 0.25) is 0 Å². The van der Waals surface area contributed by atoms with E-state index in [4.69, 9.17) is 5.26 Å². The molecule has 0 spiro atoms. The molecule has 1 saturated heterocycles. The number of hydrogen-bond acceptors (Lipinski definition) is 3. The molecule has 1 fully saturated rings. The topological polar surface area (TPSA) is 47.3 Å². The second kappa shape index (κ2) is 5.99. The zero-order valence-electron chi connectivity index (χ0n) is 10.8. The van der Waals surface area contributed by atoms with Crippen LogP contribution in [0, 0.1) is 17.2 Å². The first-order valence-electron chi connectivity index (χ1n) is 6.56. The highest BCUT2D eigenvalue weighted by Crippen LogP contribution is 2.33. The van der Waals surface area contributed by atoms with Crippen LogP contribution in [0.15, 0.2) is 30.3 Å². The Bertz CT molecular complexity index is 412. The number of rotatable bonds is 4. The molecule has 1 aromatic rings. The molecule has 3 atom stereocenters. The SMILES string of the molecule is CC(c1ccccc1)N1CC[C@@H](CC#N)[C@H]1CO. The molecule has 1 aliphatic heterocycles. The minimum Gasteiger partial charge on any atom is -0.395 e. The molecule has 0 radical (unpaired) electrons. The Hall–Kier alpha value is -1.37. The Morgan fingerprint density at radius 2 is 2.17 bits per heavy atom. The summed E-state index contributed by atoms with van der Waals surface area (Å²) in [6.45, 7) is 3.28. The maximum atomic E-state index is 9.58. The minimum atomic E-state index is 0.125. The van der Waals surface area contributed by atoms with E-state index in [1.807, 2.05) is 18.2 Å². The number of benzene rings is 1. The molecule has 1 unspecified atom stereocenters. The van der Waals surface area contributed by atoms with E-state index in [0.29, 0.717) is 18.4 Å². The quantitative estimate of drug-likeness (QED) is 0.884. The van der Waals surface area contributed by atoms with Crippen LogP contribution in [0.25, 0.3) is 0 Å². The molecule has 0 aromatic heterocycles. The highest BCUT2D eigenvalue weighted by Gasteiger charge is 2.36. The molecule has 2 rings (SSSR count). The average Bonchev–Trinajstić information content (AvgIpc) is 2.82. The summed E-state index contributed by atoms with van der Waals surface area (Å²) in [4.78, 5) is 2.33. The van der Waals surface area contributed by atoms with Gasteiger partial charge in [0, 0.05) is 18.5 Å². The third-order valence-corrected chi connectivity index (χ3v) is 4.05. The number of aliphatic hydroxyl groups is 1. The molecular formula is C15H20N2O. The fraction of sp³-hybridized carbons (Fsp3) is 0.533. The summed E-state index contributed by atoms with van der Waals surface area (Å²) in [5.41, 5.74) is 1.27. The van der Waals surface area contributed by atoms with Crippen molar-refractivity contribution in [1.82, 2.24) is 4.90 Å². The fourth-order valence-corrected chi connectivity index (χ4v) is 2.96. The summed E-state index contributed by atoms with van der Waals surface area (Å²) in [5, 5.41) is 18.4. The van der Waals surface area contributed by atoms with Crippen LogP contribution in [0.5, 0.6) is 0 Å². The van der Waals surface area contributed by atoms with Gasteiger partial charge in [-0.15, -0.1) is 0 Å². The van der Waals surface area contributed by atoms with Crippen molar-refractivity contribution in [1.29, 1.82) is 5.26 Å². The van der Waals surface area contributed by atoms with Crippen molar-refractivity contribution in [2.45, 2.75) is 31.8 Å². The predicted octanol–water partition coefficient (Wildman–Crippen LogP) is 2.34. The Morgan fingerprint density at radius 1 is 1.44 bits per heavy atom. The lowest BCUT2D eigenvalue weighted by molar-refractivity contribution is 0.106. The van der Waals surface area contributed by atoms with Crippen LogP contribution >= 0.6 is 0 Å². The number of hydrogen-bond donors (Lipinski definition) is 1. The predicted molar refractivity (Wildman–Crippen MR) is 70.8 cm³/mol. The van der Waals surface area contributed by atoms with Crippen molar-refractivity contribution < 1.29 is 5.11 Å². The maximum Gasteiger partial charge on any atom is 0.0625 e. The van der Waals surface area contributed by atoms with Gasteiger partial charge in [0.05, 0.1) is 12.7 Å². The summed E-state index contributed by atoms with van der Waals surface area (Å²) >= 11 is 0. The van der Waals surface area contributed by atoms with E-state index >= 15 is 0 Å². The van der Waals surface area contributed by atoms with Gasteiger partial charge in [-0.1, -0.05) is 30.3 Å². The van der Waals surface area contributed by atoms with Crippen molar-refractivity contribution in [3.8, 4) is 6.07 Å². The van der Waals surface area contributed by atoms with Gasteiger partial charge >= 0.3 is 0 Å². The van der Waals surface area contributed by atoms with E-state index in [1.54, 1.807) is 0 Å². The van der Waals surface area contributed by atoms with Gasteiger partial charge in [-0.25, -0.2) is 0 Å². The number of nitriles is 1. The summed E-state index contributed by atoms with van der Waals surface area (Å²) < 4.78 is 0. The van der Waals surface area contributed by atoms with E-state index in [1.165, 1.54) is 5.56 Å². The molecule has 0 saturated carbocycles. The van der Waals surface area contributed by atoms with Gasteiger partial charge in [0.25, 0.3) is 0 Å². The largest absolute Gasteiger partial charge is 0.395 e. The van der Waals surface area contributed by atoms with Crippen LogP contribution in [-0.4, -0.2) is 29.2 Å². The zero-order chi connectivity index (χ0) is 13.0. The summed E-state index contributed by atoms with van der Waals surface area (Å²) in [7, 11) is 0. The molecule has 18 heavy (non-hydrogen) atoms. The van der Waals surface area contributed by atoms with Crippen molar-refractivity contribution in [2.75, 3.05) is 13.2 Å². The fourth-order valence-electron chi connectivity index (χ4n) is 2.96. The average molecular weight is 244 g/mol. The van der Waals surface area contributed by atoms with Gasteiger partial charge in [-0.2, -0.15) is 5.26 Å². The Morgan fingerprint density at radius 3 is 2.78 bits per heavy atom. The van der Waals surface area contributed by atoms with E-state index < -0.39 is 0 Å². The molecule has 0 amide bonds. The molecule has 0 bridgehead atoms. The zero-order valence-corrected chi connectivity index (χ0v) is 10.8. The Labute approximate surface area is 109 Å². The van der Waals surface area contributed by atoms with Gasteiger partial charge in [-0.3, -0.25) is 4.90 Å². The molecule has 0 aliphatic carbocycles. The maximum absolute atomic E-state index is 9.58. The van der Waals surface area contributed by atoms with E-state index in [-0.39, 0.29) is 12.6 Å². The summed E-state index contributed by atoms with van der Waals surface area (Å²) in [6, 6.07) is 13.0. The van der Waals surface area contributed by atoms with Crippen LogP contribution in [0.1, 0.15) is 31.4 Å². The monoisotopic (exact) mass is 244 g/mol. The van der Waals surface area contributed by atoms with Gasteiger partial charge < -0.3 is 5.11 Å². The second-order valence-electron chi connectivity index (χ2n) is 4.99. The smallest absolute Gasteiger partial charge is 0.0625 e. The van der Waals surface area contributed by atoms with Gasteiger partial charge in [0.15, 0.2) is 0 Å². The summed E-state index contributed by atoms with van der Waals surface area (Å²) in [5.74, 6) is 0.311. The van der Waals surface area contributed by atoms with Crippen molar-refractivity contribution >= 4 is 0 Å². The van der Waals surface area contributed by atoms with Crippen LogP contribution < -0.4 is 0 Å². The molecule has 1 aromatic carbocycles.